The minimum absolute atomic E-state index is 0.0294. The summed E-state index contributed by atoms with van der Waals surface area (Å²) in [5.74, 6) is 0.523. The van der Waals surface area contributed by atoms with Gasteiger partial charge in [-0.3, -0.25) is 4.79 Å². The molecule has 1 saturated heterocycles. The van der Waals surface area contributed by atoms with E-state index in [0.717, 1.165) is 19.4 Å². The van der Waals surface area contributed by atoms with E-state index in [4.69, 9.17) is 0 Å². The van der Waals surface area contributed by atoms with Crippen molar-refractivity contribution in [3.05, 3.63) is 48.3 Å². The first kappa shape index (κ1) is 14.9. The fourth-order valence-electron chi connectivity index (χ4n) is 2.91. The third-order valence-electron chi connectivity index (χ3n) is 4.11. The SMILES string of the molecule is O=C(c1csc(-c2ncccn2)n1)N1CCC[C@H](n2ccnc2)C1. The highest BCUT2D eigenvalue weighted by atomic mass is 32.1. The van der Waals surface area contributed by atoms with Gasteiger partial charge in [-0.05, 0) is 18.9 Å². The van der Waals surface area contributed by atoms with Gasteiger partial charge >= 0.3 is 0 Å². The van der Waals surface area contributed by atoms with E-state index in [1.165, 1.54) is 11.3 Å². The number of carbonyl (C=O) groups is 1. The topological polar surface area (TPSA) is 76.8 Å². The molecule has 7 nitrogen and oxygen atoms in total. The van der Waals surface area contributed by atoms with Crippen molar-refractivity contribution in [2.75, 3.05) is 13.1 Å². The van der Waals surface area contributed by atoms with Crippen LogP contribution >= 0.6 is 11.3 Å². The molecule has 1 atom stereocenters. The van der Waals surface area contributed by atoms with Gasteiger partial charge in [0.15, 0.2) is 10.8 Å². The molecule has 1 fully saturated rings. The minimum atomic E-state index is -0.0294. The molecule has 1 aliphatic heterocycles. The molecule has 4 rings (SSSR count). The van der Waals surface area contributed by atoms with Crippen molar-refractivity contribution in [3.8, 4) is 10.8 Å². The Morgan fingerprint density at radius 3 is 2.92 bits per heavy atom. The molecule has 0 saturated carbocycles. The van der Waals surface area contributed by atoms with Crippen molar-refractivity contribution in [1.82, 2.24) is 29.4 Å². The van der Waals surface area contributed by atoms with Crippen LogP contribution in [-0.4, -0.2) is 48.4 Å². The highest BCUT2D eigenvalue weighted by Crippen LogP contribution is 2.25. The lowest BCUT2D eigenvalue weighted by molar-refractivity contribution is 0.0674. The van der Waals surface area contributed by atoms with Gasteiger partial charge in [-0.1, -0.05) is 0 Å². The van der Waals surface area contributed by atoms with E-state index >= 15 is 0 Å². The predicted molar refractivity (Wildman–Crippen MR) is 89.5 cm³/mol. The molecule has 24 heavy (non-hydrogen) atoms. The van der Waals surface area contributed by atoms with E-state index in [-0.39, 0.29) is 11.9 Å². The second-order valence-electron chi connectivity index (χ2n) is 5.67. The van der Waals surface area contributed by atoms with E-state index in [0.29, 0.717) is 23.1 Å². The molecule has 4 heterocycles. The number of carbonyl (C=O) groups excluding carboxylic acids is 1. The number of hydrogen-bond acceptors (Lipinski definition) is 6. The highest BCUT2D eigenvalue weighted by molar-refractivity contribution is 7.13. The Balaban J connectivity index is 1.50. The zero-order chi connectivity index (χ0) is 16.4. The van der Waals surface area contributed by atoms with Crippen LogP contribution in [0.1, 0.15) is 29.4 Å². The van der Waals surface area contributed by atoms with Gasteiger partial charge in [0, 0.05) is 43.3 Å². The first-order chi connectivity index (χ1) is 11.8. The second kappa shape index (κ2) is 6.48. The van der Waals surface area contributed by atoms with Crippen LogP contribution in [0, 0.1) is 0 Å². The second-order valence-corrected chi connectivity index (χ2v) is 6.53. The number of nitrogens with zero attached hydrogens (tertiary/aromatic N) is 6. The number of thiazole rings is 1. The van der Waals surface area contributed by atoms with Crippen LogP contribution in [0.3, 0.4) is 0 Å². The molecule has 0 aromatic carbocycles. The zero-order valence-electron chi connectivity index (χ0n) is 12.9. The van der Waals surface area contributed by atoms with Gasteiger partial charge in [-0.15, -0.1) is 11.3 Å². The van der Waals surface area contributed by atoms with Crippen LogP contribution < -0.4 is 0 Å². The number of aromatic nitrogens is 5. The summed E-state index contributed by atoms with van der Waals surface area (Å²) < 4.78 is 2.07. The van der Waals surface area contributed by atoms with E-state index in [1.807, 2.05) is 17.4 Å². The molecule has 0 aliphatic carbocycles. The maximum absolute atomic E-state index is 12.8. The van der Waals surface area contributed by atoms with Crippen LogP contribution in [0.25, 0.3) is 10.8 Å². The number of likely N-dealkylation sites (tertiary alicyclic amines) is 1. The van der Waals surface area contributed by atoms with Gasteiger partial charge in [0.05, 0.1) is 12.4 Å². The molecule has 122 valence electrons. The monoisotopic (exact) mass is 340 g/mol. The van der Waals surface area contributed by atoms with Crippen molar-refractivity contribution in [2.24, 2.45) is 0 Å². The van der Waals surface area contributed by atoms with Crippen LogP contribution in [0.15, 0.2) is 42.6 Å². The smallest absolute Gasteiger partial charge is 0.273 e. The molecule has 3 aromatic heterocycles. The summed E-state index contributed by atoms with van der Waals surface area (Å²) in [7, 11) is 0. The summed E-state index contributed by atoms with van der Waals surface area (Å²) in [5, 5.41) is 2.46. The fourth-order valence-corrected chi connectivity index (χ4v) is 3.65. The van der Waals surface area contributed by atoms with Gasteiger partial charge < -0.3 is 9.47 Å². The molecule has 0 bridgehead atoms. The maximum Gasteiger partial charge on any atom is 0.273 e. The van der Waals surface area contributed by atoms with Crippen molar-refractivity contribution < 1.29 is 4.79 Å². The van der Waals surface area contributed by atoms with Crippen molar-refractivity contribution in [1.29, 1.82) is 0 Å². The Kier molecular flexibility index (Phi) is 4.04. The molecular formula is C16H16N6OS. The van der Waals surface area contributed by atoms with Crippen LogP contribution in [0.2, 0.25) is 0 Å². The number of hydrogen-bond donors (Lipinski definition) is 0. The van der Waals surface area contributed by atoms with Gasteiger partial charge in [0.25, 0.3) is 5.91 Å². The third-order valence-corrected chi connectivity index (χ3v) is 4.95. The van der Waals surface area contributed by atoms with Crippen molar-refractivity contribution in [2.45, 2.75) is 18.9 Å². The van der Waals surface area contributed by atoms with Crippen LogP contribution in [-0.2, 0) is 0 Å². The van der Waals surface area contributed by atoms with Crippen molar-refractivity contribution >= 4 is 17.2 Å². The molecule has 0 spiro atoms. The molecule has 0 N–H and O–H groups in total. The average Bonchev–Trinajstić information content (AvgIpc) is 3.34. The number of rotatable bonds is 3. The van der Waals surface area contributed by atoms with Gasteiger partial charge in [0.2, 0.25) is 0 Å². The summed E-state index contributed by atoms with van der Waals surface area (Å²) in [5.41, 5.74) is 0.466. The van der Waals surface area contributed by atoms with E-state index in [9.17, 15) is 4.79 Å². The normalized spacial score (nSPS) is 17.8. The third kappa shape index (κ3) is 2.92. The lowest BCUT2D eigenvalue weighted by atomic mass is 10.1. The summed E-state index contributed by atoms with van der Waals surface area (Å²) in [4.78, 5) is 31.5. The summed E-state index contributed by atoms with van der Waals surface area (Å²) in [6.45, 7) is 1.45. The molecule has 8 heteroatoms. The maximum atomic E-state index is 12.8. The fraction of sp³-hybridized carbons (Fsp3) is 0.312. The van der Waals surface area contributed by atoms with Crippen molar-refractivity contribution in [3.63, 3.8) is 0 Å². The minimum Gasteiger partial charge on any atom is -0.335 e. The molecule has 3 aromatic rings. The Morgan fingerprint density at radius 1 is 1.25 bits per heavy atom. The van der Waals surface area contributed by atoms with E-state index in [2.05, 4.69) is 24.5 Å². The van der Waals surface area contributed by atoms with Crippen LogP contribution in [0.5, 0.6) is 0 Å². The van der Waals surface area contributed by atoms with Gasteiger partial charge in [-0.2, -0.15) is 0 Å². The Labute approximate surface area is 143 Å². The van der Waals surface area contributed by atoms with Gasteiger partial charge in [0.1, 0.15) is 5.69 Å². The van der Waals surface area contributed by atoms with E-state index < -0.39 is 0 Å². The van der Waals surface area contributed by atoms with Crippen LogP contribution in [0.4, 0.5) is 0 Å². The zero-order valence-corrected chi connectivity index (χ0v) is 13.8. The highest BCUT2D eigenvalue weighted by Gasteiger charge is 2.26. The Bertz CT molecular complexity index is 816. The molecule has 0 radical (unpaired) electrons. The predicted octanol–water partition coefficient (Wildman–Crippen LogP) is 2.27. The summed E-state index contributed by atoms with van der Waals surface area (Å²) >= 11 is 1.39. The molecule has 1 amide bonds. The first-order valence-corrected chi connectivity index (χ1v) is 8.69. The lowest BCUT2D eigenvalue weighted by Gasteiger charge is -2.32. The summed E-state index contributed by atoms with van der Waals surface area (Å²) in [6, 6.07) is 2.04. The number of imidazole rings is 1. The largest absolute Gasteiger partial charge is 0.335 e. The average molecular weight is 340 g/mol. The first-order valence-electron chi connectivity index (χ1n) is 7.81. The lowest BCUT2D eigenvalue weighted by Crippen LogP contribution is -2.40. The Morgan fingerprint density at radius 2 is 2.12 bits per heavy atom. The molecular weight excluding hydrogens is 324 g/mol. The van der Waals surface area contributed by atoms with Gasteiger partial charge in [-0.25, -0.2) is 19.9 Å². The number of piperidine rings is 1. The summed E-state index contributed by atoms with van der Waals surface area (Å²) in [6.07, 6.45) is 10.9. The standard InChI is InChI=1S/C16H16N6OS/c23-16(13-10-24-15(20-13)14-18-4-2-5-19-14)21-7-1-3-12(9-21)22-8-6-17-11-22/h2,4-6,8,10-12H,1,3,7,9H2/t12-/m0/s1. The molecule has 1 aliphatic rings. The quantitative estimate of drug-likeness (QED) is 0.731. The number of amides is 1. The Hall–Kier alpha value is -2.61. The van der Waals surface area contributed by atoms with E-state index in [1.54, 1.807) is 30.0 Å². The molecule has 0 unspecified atom stereocenters.